The smallest absolute Gasteiger partial charge is 0.255 e. The van der Waals surface area contributed by atoms with E-state index in [9.17, 15) is 13.2 Å². The van der Waals surface area contributed by atoms with Gasteiger partial charge in [-0.15, -0.1) is 0 Å². The van der Waals surface area contributed by atoms with Gasteiger partial charge in [-0.2, -0.15) is 0 Å². The number of rotatable bonds is 7. The molecule has 1 aliphatic rings. The Morgan fingerprint density at radius 1 is 1.16 bits per heavy atom. The monoisotopic (exact) mass is 466 g/mol. The van der Waals surface area contributed by atoms with Gasteiger partial charge in [-0.1, -0.05) is 11.6 Å². The average Bonchev–Trinajstić information content (AvgIpc) is 3.21. The molecule has 0 radical (unpaired) electrons. The fourth-order valence-corrected chi connectivity index (χ4v) is 5.28. The quantitative estimate of drug-likeness (QED) is 0.666. The fourth-order valence-electron chi connectivity index (χ4n) is 3.80. The molecule has 0 spiro atoms. The number of halogens is 1. The van der Waals surface area contributed by atoms with Crippen LogP contribution >= 0.6 is 11.6 Å². The van der Waals surface area contributed by atoms with Crippen LogP contribution in [-0.4, -0.2) is 46.0 Å². The maximum atomic E-state index is 13.5. The topological polar surface area (TPSA) is 84.9 Å². The van der Waals surface area contributed by atoms with Crippen molar-refractivity contribution in [3.05, 3.63) is 52.5 Å². The molecule has 168 valence electrons. The van der Waals surface area contributed by atoms with Gasteiger partial charge in [-0.3, -0.25) is 4.79 Å². The van der Waals surface area contributed by atoms with Crippen LogP contribution in [0.4, 0.5) is 0 Å². The lowest BCUT2D eigenvalue weighted by molar-refractivity contribution is 0.0734. The molecule has 1 saturated heterocycles. The van der Waals surface area contributed by atoms with E-state index in [1.807, 2.05) is 12.1 Å². The lowest BCUT2D eigenvalue weighted by Gasteiger charge is -2.27. The highest BCUT2D eigenvalue weighted by Crippen LogP contribution is 2.40. The molecular formula is C22H27ClN2O5S. The number of sulfonamides is 1. The second-order valence-electron chi connectivity index (χ2n) is 7.68. The van der Waals surface area contributed by atoms with E-state index < -0.39 is 10.0 Å². The summed E-state index contributed by atoms with van der Waals surface area (Å²) in [7, 11) is -0.591. The summed E-state index contributed by atoms with van der Waals surface area (Å²) < 4.78 is 38.5. The summed E-state index contributed by atoms with van der Waals surface area (Å²) in [4.78, 5) is 15.2. The SMILES string of the molecule is COc1ccc(OC)c(C2CCCN2C(=O)c2cc(S(=O)(=O)NC(C)C)ccc2Cl)c1. The molecule has 1 amide bonds. The standard InChI is InChI=1S/C22H27ClN2O5S/c1-14(2)24-31(27,28)16-8-9-19(23)17(13-16)22(26)25-11-5-6-20(25)18-12-15(29-3)7-10-21(18)30-4/h7-10,12-14,20,24H,5-6,11H2,1-4H3. The lowest BCUT2D eigenvalue weighted by atomic mass is 10.0. The highest BCUT2D eigenvalue weighted by atomic mass is 35.5. The second-order valence-corrected chi connectivity index (χ2v) is 9.80. The largest absolute Gasteiger partial charge is 0.497 e. The Morgan fingerprint density at radius 3 is 2.55 bits per heavy atom. The maximum Gasteiger partial charge on any atom is 0.255 e. The Hall–Kier alpha value is -2.29. The van der Waals surface area contributed by atoms with E-state index in [2.05, 4.69) is 4.72 Å². The van der Waals surface area contributed by atoms with Crippen molar-refractivity contribution in [2.24, 2.45) is 0 Å². The van der Waals surface area contributed by atoms with E-state index >= 15 is 0 Å². The summed E-state index contributed by atoms with van der Waals surface area (Å²) in [5, 5.41) is 0.205. The third-order valence-electron chi connectivity index (χ3n) is 5.18. The Morgan fingerprint density at radius 2 is 1.90 bits per heavy atom. The number of likely N-dealkylation sites (tertiary alicyclic amines) is 1. The highest BCUT2D eigenvalue weighted by molar-refractivity contribution is 7.89. The van der Waals surface area contributed by atoms with Crippen molar-refractivity contribution in [3.63, 3.8) is 0 Å². The first-order valence-electron chi connectivity index (χ1n) is 10.0. The van der Waals surface area contributed by atoms with Gasteiger partial charge in [-0.05, 0) is 63.1 Å². The van der Waals surface area contributed by atoms with Crippen LogP contribution in [0.2, 0.25) is 5.02 Å². The molecule has 0 aromatic heterocycles. The predicted molar refractivity (Wildman–Crippen MR) is 119 cm³/mol. The molecule has 1 atom stereocenters. The number of hydrogen-bond donors (Lipinski definition) is 1. The number of hydrogen-bond acceptors (Lipinski definition) is 5. The minimum absolute atomic E-state index is 0.00339. The Labute approximate surface area is 188 Å². The number of carbonyl (C=O) groups is 1. The van der Waals surface area contributed by atoms with E-state index in [-0.39, 0.29) is 33.5 Å². The minimum Gasteiger partial charge on any atom is -0.497 e. The molecule has 9 heteroatoms. The molecule has 0 saturated carbocycles. The molecule has 2 aromatic rings. The number of nitrogens with zero attached hydrogens (tertiary/aromatic N) is 1. The van der Waals surface area contributed by atoms with Gasteiger partial charge in [0.2, 0.25) is 10.0 Å². The van der Waals surface area contributed by atoms with Crippen molar-refractivity contribution in [2.45, 2.75) is 43.7 Å². The zero-order valence-electron chi connectivity index (χ0n) is 18.0. The number of nitrogens with one attached hydrogen (secondary N) is 1. The Bertz CT molecular complexity index is 1070. The lowest BCUT2D eigenvalue weighted by Crippen LogP contribution is -2.32. The Kier molecular flexibility index (Phi) is 7.13. The zero-order valence-corrected chi connectivity index (χ0v) is 19.6. The highest BCUT2D eigenvalue weighted by Gasteiger charge is 2.34. The molecule has 0 aliphatic carbocycles. The molecule has 7 nitrogen and oxygen atoms in total. The molecule has 1 heterocycles. The number of ether oxygens (including phenoxy) is 2. The normalized spacial score (nSPS) is 16.6. The van der Waals surface area contributed by atoms with E-state index in [1.54, 1.807) is 39.0 Å². The first-order chi connectivity index (χ1) is 14.7. The van der Waals surface area contributed by atoms with Crippen molar-refractivity contribution in [3.8, 4) is 11.5 Å². The van der Waals surface area contributed by atoms with Crippen LogP contribution in [-0.2, 0) is 10.0 Å². The van der Waals surface area contributed by atoms with Gasteiger partial charge < -0.3 is 14.4 Å². The third-order valence-corrected chi connectivity index (χ3v) is 7.16. The zero-order chi connectivity index (χ0) is 22.8. The van der Waals surface area contributed by atoms with E-state index in [4.69, 9.17) is 21.1 Å². The molecule has 3 rings (SSSR count). The van der Waals surface area contributed by atoms with Crippen LogP contribution in [0.25, 0.3) is 0 Å². The summed E-state index contributed by atoms with van der Waals surface area (Å²) in [5.74, 6) is 1.01. The number of carbonyl (C=O) groups excluding carboxylic acids is 1. The van der Waals surface area contributed by atoms with Gasteiger partial charge in [0, 0.05) is 18.2 Å². The third kappa shape index (κ3) is 4.97. The van der Waals surface area contributed by atoms with Gasteiger partial charge in [0.15, 0.2) is 0 Å². The summed E-state index contributed by atoms with van der Waals surface area (Å²) >= 11 is 6.32. The van der Waals surface area contributed by atoms with Gasteiger partial charge in [-0.25, -0.2) is 13.1 Å². The molecule has 31 heavy (non-hydrogen) atoms. The number of benzene rings is 2. The first kappa shape index (κ1) is 23.4. The maximum absolute atomic E-state index is 13.5. The number of amides is 1. The molecular weight excluding hydrogens is 440 g/mol. The van der Waals surface area contributed by atoms with Crippen molar-refractivity contribution in [1.29, 1.82) is 0 Å². The molecule has 1 N–H and O–H groups in total. The number of methoxy groups -OCH3 is 2. The van der Waals surface area contributed by atoms with Gasteiger partial charge in [0.05, 0.1) is 35.7 Å². The van der Waals surface area contributed by atoms with Gasteiger partial charge in [0.1, 0.15) is 11.5 Å². The van der Waals surface area contributed by atoms with E-state index in [0.29, 0.717) is 18.0 Å². The summed E-state index contributed by atoms with van der Waals surface area (Å²) in [6.45, 7) is 3.99. The Balaban J connectivity index is 1.99. The van der Waals surface area contributed by atoms with Crippen LogP contribution in [0.15, 0.2) is 41.3 Å². The van der Waals surface area contributed by atoms with Crippen molar-refractivity contribution < 1.29 is 22.7 Å². The second kappa shape index (κ2) is 9.46. The van der Waals surface area contributed by atoms with Gasteiger partial charge >= 0.3 is 0 Å². The van der Waals surface area contributed by atoms with Crippen LogP contribution in [0, 0.1) is 0 Å². The van der Waals surface area contributed by atoms with E-state index in [1.165, 1.54) is 18.2 Å². The predicted octanol–water partition coefficient (Wildman–Crippen LogP) is 4.02. The molecule has 1 unspecified atom stereocenters. The van der Waals surface area contributed by atoms with Gasteiger partial charge in [0.25, 0.3) is 5.91 Å². The van der Waals surface area contributed by atoms with Crippen molar-refractivity contribution in [1.82, 2.24) is 9.62 Å². The summed E-state index contributed by atoms with van der Waals surface area (Å²) in [6, 6.07) is 9.16. The van der Waals surface area contributed by atoms with Crippen LogP contribution in [0.3, 0.4) is 0 Å². The van der Waals surface area contributed by atoms with Crippen LogP contribution in [0.5, 0.6) is 11.5 Å². The summed E-state index contributed by atoms with van der Waals surface area (Å²) in [6.07, 6.45) is 1.56. The molecule has 0 bridgehead atoms. The van der Waals surface area contributed by atoms with Crippen molar-refractivity contribution in [2.75, 3.05) is 20.8 Å². The van der Waals surface area contributed by atoms with Crippen LogP contribution < -0.4 is 14.2 Å². The first-order valence-corrected chi connectivity index (χ1v) is 11.9. The van der Waals surface area contributed by atoms with Crippen LogP contribution in [0.1, 0.15) is 48.7 Å². The molecule has 1 aliphatic heterocycles. The minimum atomic E-state index is -3.76. The van der Waals surface area contributed by atoms with Crippen molar-refractivity contribution >= 4 is 27.5 Å². The molecule has 1 fully saturated rings. The fraction of sp³-hybridized carbons (Fsp3) is 0.409. The average molecular weight is 467 g/mol. The summed E-state index contributed by atoms with van der Waals surface area (Å²) in [5.41, 5.74) is 0.996. The molecule has 2 aromatic carbocycles. The van der Waals surface area contributed by atoms with E-state index in [0.717, 1.165) is 18.4 Å².